The molecule has 57 heavy (non-hydrogen) atoms. The molecule has 1 spiro atoms. The molecule has 0 bridgehead atoms. The summed E-state index contributed by atoms with van der Waals surface area (Å²) in [5.74, 6) is -0.377. The smallest absolute Gasteiger partial charge is 0.416 e. The van der Waals surface area contributed by atoms with Gasteiger partial charge < -0.3 is 29.5 Å². The maximum Gasteiger partial charge on any atom is 0.416 e. The van der Waals surface area contributed by atoms with Gasteiger partial charge in [0.25, 0.3) is 11.5 Å². The maximum absolute atomic E-state index is 14.7. The van der Waals surface area contributed by atoms with Gasteiger partial charge in [-0.1, -0.05) is 6.92 Å². The molecule has 2 N–H and O–H groups in total. The number of anilines is 2. The summed E-state index contributed by atoms with van der Waals surface area (Å²) in [6.07, 6.45) is -1.96. The molecule has 1 aromatic carbocycles. The first kappa shape index (κ1) is 38.4. The normalized spacial score (nSPS) is 18.0. The molecule has 1 aliphatic carbocycles. The van der Waals surface area contributed by atoms with Crippen LogP contribution >= 0.6 is 15.9 Å². The van der Waals surface area contributed by atoms with Crippen molar-refractivity contribution in [2.45, 2.75) is 64.1 Å². The lowest BCUT2D eigenvalue weighted by molar-refractivity contribution is -0.137. The highest BCUT2D eigenvalue weighted by molar-refractivity contribution is 9.10. The maximum atomic E-state index is 14.7. The summed E-state index contributed by atoms with van der Waals surface area (Å²) >= 11 is 3.16. The van der Waals surface area contributed by atoms with E-state index >= 15 is 0 Å². The van der Waals surface area contributed by atoms with Gasteiger partial charge in [-0.05, 0) is 85.3 Å². The highest BCUT2D eigenvalue weighted by Crippen LogP contribution is 2.50. The molecule has 3 aliphatic rings. The van der Waals surface area contributed by atoms with Crippen LogP contribution in [0.3, 0.4) is 0 Å². The van der Waals surface area contributed by atoms with E-state index in [9.17, 15) is 32.7 Å². The average molecular weight is 852 g/mol. The number of amides is 2. The highest BCUT2D eigenvalue weighted by Gasteiger charge is 2.49. The zero-order valence-electron chi connectivity index (χ0n) is 31.2. The molecular formula is C38H38BrF3N10O5. The van der Waals surface area contributed by atoms with E-state index in [0.717, 1.165) is 18.0 Å². The topological polar surface area (TPSA) is 173 Å². The summed E-state index contributed by atoms with van der Waals surface area (Å²) in [6.45, 7) is 8.19. The number of carbonyl (C=O) groups is 2. The number of rotatable bonds is 6. The number of halogens is 4. The fraction of sp³-hybridized carbons (Fsp3) is 0.421. The second kappa shape index (κ2) is 14.5. The Labute approximate surface area is 332 Å². The van der Waals surface area contributed by atoms with Crippen LogP contribution < -0.4 is 15.8 Å². The number of carbonyl (C=O) groups excluding carboxylic acids is 2. The Balaban J connectivity index is 1.18. The fourth-order valence-corrected chi connectivity index (χ4v) is 8.86. The Bertz CT molecular complexity index is 2490. The molecule has 298 valence electrons. The first-order chi connectivity index (χ1) is 27.1. The predicted octanol–water partition coefficient (Wildman–Crippen LogP) is 5.00. The van der Waals surface area contributed by atoms with Gasteiger partial charge in [0.1, 0.15) is 18.7 Å². The Morgan fingerprint density at radius 2 is 1.77 bits per heavy atom. The number of fused-ring (bicyclic) bond motifs is 3. The Kier molecular flexibility index (Phi) is 9.78. The van der Waals surface area contributed by atoms with Gasteiger partial charge in [-0.15, -0.1) is 5.10 Å². The third-order valence-corrected chi connectivity index (χ3v) is 11.9. The number of hydrogen-bond donors (Lipinski definition) is 2. The summed E-state index contributed by atoms with van der Waals surface area (Å²) in [5.41, 5.74) is 0.706. The summed E-state index contributed by atoms with van der Waals surface area (Å²) in [4.78, 5) is 63.4. The summed E-state index contributed by atoms with van der Waals surface area (Å²) in [7, 11) is 0. The second-order valence-corrected chi connectivity index (χ2v) is 15.6. The summed E-state index contributed by atoms with van der Waals surface area (Å²) in [6, 6.07) is 6.68. The van der Waals surface area contributed by atoms with E-state index in [1.807, 2.05) is 26.0 Å². The standard InChI is InChI=1S/C38H38BrF3N10O5/c1-20-17-37(8-10-50(11-9-37)35(56)30-32(54)22(3)43-19-44-30)29-31(20)51(18-28(53)46-26-6-4-23(16-25(26)39)38(40,41)42)36-47-33(48-52(36)34(29)55)24-5-7-27(45-21(24)2)49-12-14-57-15-13-49/h4-7,16,19-20,54H,8-15,17-18H2,1-3H3,(H,46,53). The van der Waals surface area contributed by atoms with Crippen LogP contribution in [0.2, 0.25) is 0 Å². The van der Waals surface area contributed by atoms with Crippen molar-refractivity contribution in [2.24, 2.45) is 0 Å². The number of morpholine rings is 1. The number of aromatic nitrogens is 7. The van der Waals surface area contributed by atoms with E-state index in [2.05, 4.69) is 36.1 Å². The fourth-order valence-electron chi connectivity index (χ4n) is 8.38. The van der Waals surface area contributed by atoms with Gasteiger partial charge in [-0.3, -0.25) is 14.4 Å². The number of aryl methyl sites for hydroxylation is 2. The van der Waals surface area contributed by atoms with Crippen LogP contribution in [-0.2, 0) is 27.7 Å². The number of likely N-dealkylation sites (tertiary alicyclic amines) is 1. The van der Waals surface area contributed by atoms with E-state index in [1.165, 1.54) is 16.9 Å². The van der Waals surface area contributed by atoms with Gasteiger partial charge in [0.15, 0.2) is 17.3 Å². The molecule has 2 aliphatic heterocycles. The number of aromatic hydroxyl groups is 1. The molecule has 5 aromatic rings. The van der Waals surface area contributed by atoms with Crippen LogP contribution in [0.25, 0.3) is 17.2 Å². The molecule has 15 nitrogen and oxygen atoms in total. The Morgan fingerprint density at radius 1 is 1.04 bits per heavy atom. The van der Waals surface area contributed by atoms with Crippen molar-refractivity contribution < 1.29 is 32.6 Å². The van der Waals surface area contributed by atoms with Gasteiger partial charge in [0.2, 0.25) is 11.7 Å². The first-order valence-corrected chi connectivity index (χ1v) is 19.3. The Hall–Kier alpha value is -5.43. The molecule has 4 aromatic heterocycles. The van der Waals surface area contributed by atoms with Crippen molar-refractivity contribution >= 4 is 45.0 Å². The third-order valence-electron chi connectivity index (χ3n) is 11.2. The lowest BCUT2D eigenvalue weighted by atomic mass is 9.73. The second-order valence-electron chi connectivity index (χ2n) is 14.8. The Morgan fingerprint density at radius 3 is 2.46 bits per heavy atom. The van der Waals surface area contributed by atoms with Crippen molar-refractivity contribution in [1.82, 2.24) is 39.0 Å². The molecule has 2 amide bonds. The highest BCUT2D eigenvalue weighted by atomic mass is 79.9. The van der Waals surface area contributed by atoms with Crippen molar-refractivity contribution in [3.8, 4) is 17.1 Å². The van der Waals surface area contributed by atoms with E-state index < -0.39 is 29.0 Å². The van der Waals surface area contributed by atoms with Crippen LogP contribution in [0.15, 0.2) is 45.9 Å². The van der Waals surface area contributed by atoms with Gasteiger partial charge in [-0.2, -0.15) is 22.7 Å². The third kappa shape index (κ3) is 6.89. The van der Waals surface area contributed by atoms with Crippen LogP contribution in [0.1, 0.15) is 70.8 Å². The van der Waals surface area contributed by atoms with Gasteiger partial charge >= 0.3 is 6.18 Å². The minimum absolute atomic E-state index is 0.0493. The lowest BCUT2D eigenvalue weighted by Gasteiger charge is -2.39. The van der Waals surface area contributed by atoms with Crippen LogP contribution in [0.4, 0.5) is 24.7 Å². The number of ether oxygens (including phenoxy) is 1. The average Bonchev–Trinajstić information content (AvgIpc) is 3.75. The van der Waals surface area contributed by atoms with Gasteiger partial charge in [0, 0.05) is 52.9 Å². The first-order valence-electron chi connectivity index (χ1n) is 18.5. The van der Waals surface area contributed by atoms with Crippen molar-refractivity contribution in [3.05, 3.63) is 85.4 Å². The van der Waals surface area contributed by atoms with Crippen molar-refractivity contribution in [2.75, 3.05) is 49.6 Å². The zero-order valence-corrected chi connectivity index (χ0v) is 32.8. The number of pyridine rings is 1. The molecule has 2 fully saturated rings. The van der Waals surface area contributed by atoms with Crippen molar-refractivity contribution in [3.63, 3.8) is 0 Å². The SMILES string of the molecule is Cc1nc(N2CCOCC2)ccc1-c1nc2n(CC(=O)Nc3ccc(C(F)(F)F)cc3Br)c3c(c(=O)n2n1)C1(CCN(C(=O)c2ncnc(C)c2O)CC1)CC3C. The number of nitrogens with one attached hydrogen (secondary N) is 1. The van der Waals surface area contributed by atoms with E-state index in [4.69, 9.17) is 19.8 Å². The summed E-state index contributed by atoms with van der Waals surface area (Å²) < 4.78 is 48.5. The van der Waals surface area contributed by atoms with Crippen LogP contribution in [-0.4, -0.2) is 95.3 Å². The molecule has 19 heteroatoms. The minimum atomic E-state index is -4.57. The zero-order chi connectivity index (χ0) is 40.4. The number of alkyl halides is 3. The molecule has 1 atom stereocenters. The number of hydrogen-bond acceptors (Lipinski definition) is 11. The number of nitrogens with zero attached hydrogens (tertiary/aromatic N) is 9. The largest absolute Gasteiger partial charge is 0.504 e. The monoisotopic (exact) mass is 850 g/mol. The molecule has 6 heterocycles. The van der Waals surface area contributed by atoms with E-state index in [-0.39, 0.29) is 70.0 Å². The van der Waals surface area contributed by atoms with Crippen LogP contribution in [0.5, 0.6) is 5.75 Å². The van der Waals surface area contributed by atoms with Crippen LogP contribution in [0, 0.1) is 13.8 Å². The molecule has 0 saturated carbocycles. The van der Waals surface area contributed by atoms with Gasteiger partial charge in [0.05, 0.1) is 35.9 Å². The molecule has 1 unspecified atom stereocenters. The molecule has 8 rings (SSSR count). The molecule has 2 saturated heterocycles. The molecule has 0 radical (unpaired) electrons. The van der Waals surface area contributed by atoms with E-state index in [1.54, 1.807) is 16.4 Å². The van der Waals surface area contributed by atoms with Gasteiger partial charge in [-0.25, -0.2) is 15.0 Å². The van der Waals surface area contributed by atoms with E-state index in [0.29, 0.717) is 68.1 Å². The molecular weight excluding hydrogens is 813 g/mol. The summed E-state index contributed by atoms with van der Waals surface area (Å²) in [5, 5.41) is 17.9. The quantitative estimate of drug-likeness (QED) is 0.236. The van der Waals surface area contributed by atoms with Crippen molar-refractivity contribution in [1.29, 1.82) is 0 Å². The lowest BCUT2D eigenvalue weighted by Crippen LogP contribution is -2.46. The number of benzene rings is 1. The number of piperidine rings is 1. The minimum Gasteiger partial charge on any atom is -0.504 e. The predicted molar refractivity (Wildman–Crippen MR) is 204 cm³/mol.